The number of hydrogen-bond donors (Lipinski definition) is 12. The molecular weight excluding hydrogens is 1000 g/mol. The molecule has 0 bridgehead atoms. The van der Waals surface area contributed by atoms with Crippen LogP contribution in [-0.4, -0.2) is 159 Å². The fourth-order valence-corrected chi connectivity index (χ4v) is 10.3. The maximum absolute atomic E-state index is 14.8. The van der Waals surface area contributed by atoms with Crippen LogP contribution in [-0.2, 0) is 60.9 Å². The van der Waals surface area contributed by atoms with E-state index in [0.717, 1.165) is 21.6 Å². The monoisotopic (exact) mass is 1070 g/mol. The van der Waals surface area contributed by atoms with E-state index in [1.807, 2.05) is 0 Å². The van der Waals surface area contributed by atoms with Gasteiger partial charge < -0.3 is 75.5 Å². The number of rotatable bonds is 17. The second kappa shape index (κ2) is 28.9. The van der Waals surface area contributed by atoms with Gasteiger partial charge in [-0.1, -0.05) is 77.9 Å². The van der Waals surface area contributed by atoms with Crippen LogP contribution in [0.5, 0.6) is 5.75 Å². The Bertz CT molecular complexity index is 2360. The van der Waals surface area contributed by atoms with Crippen LogP contribution < -0.4 is 60.6 Å². The average Bonchev–Trinajstić information content (AvgIpc) is 3.86. The molecule has 2 aromatic rings. The lowest BCUT2D eigenvalue weighted by Crippen LogP contribution is -2.62. The molecule has 2 aliphatic rings. The minimum Gasteiger partial charge on any atom is -0.508 e. The Morgan fingerprint density at radius 2 is 1.47 bits per heavy atom. The van der Waals surface area contributed by atoms with E-state index >= 15 is 0 Å². The largest absolute Gasteiger partial charge is 0.508 e. The summed E-state index contributed by atoms with van der Waals surface area (Å²) in [6.45, 7) is 4.35. The highest BCUT2D eigenvalue weighted by Crippen LogP contribution is 2.25. The summed E-state index contributed by atoms with van der Waals surface area (Å²) in [5, 5.41) is 25.6. The minimum atomic E-state index is -1.70. The highest BCUT2D eigenvalue weighted by Gasteiger charge is 2.41. The van der Waals surface area contributed by atoms with Crippen LogP contribution in [0.15, 0.2) is 59.6 Å². The van der Waals surface area contributed by atoms with Crippen molar-refractivity contribution in [3.05, 3.63) is 65.7 Å². The Morgan fingerprint density at radius 3 is 2.09 bits per heavy atom. The molecule has 4 rings (SSSR count). The van der Waals surface area contributed by atoms with Gasteiger partial charge >= 0.3 is 0 Å². The first kappa shape index (κ1) is 59.4. The van der Waals surface area contributed by atoms with Gasteiger partial charge in [0.2, 0.25) is 59.1 Å². The van der Waals surface area contributed by atoms with Gasteiger partial charge in [-0.25, -0.2) is 0 Å². The number of nitrogens with one attached hydrogen (secondary N) is 6. The first-order valence-corrected chi connectivity index (χ1v) is 26.4. The van der Waals surface area contributed by atoms with Crippen molar-refractivity contribution in [3.63, 3.8) is 0 Å². The quantitative estimate of drug-likeness (QED) is 0.0319. The number of likely N-dealkylation sites (tertiary alicyclic amines) is 1. The van der Waals surface area contributed by atoms with E-state index in [1.165, 1.54) is 41.0 Å². The summed E-state index contributed by atoms with van der Waals surface area (Å²) in [6, 6.07) is 3.58. The van der Waals surface area contributed by atoms with Crippen molar-refractivity contribution in [3.8, 4) is 5.75 Å². The first-order chi connectivity index (χ1) is 35.1. The molecule has 0 spiro atoms. The normalized spacial score (nSPS) is 23.0. The zero-order chi connectivity index (χ0) is 54.6. The van der Waals surface area contributed by atoms with E-state index in [9.17, 15) is 53.1 Å². The van der Waals surface area contributed by atoms with E-state index in [4.69, 9.17) is 28.7 Å². The molecular formula is C47H68N14O11S2. The molecule has 0 aliphatic carbocycles. The lowest BCUT2D eigenvalue weighted by Gasteiger charge is -2.35. The maximum Gasteiger partial charge on any atom is 0.246 e. The van der Waals surface area contributed by atoms with Crippen molar-refractivity contribution in [2.75, 3.05) is 31.1 Å². The van der Waals surface area contributed by atoms with Crippen LogP contribution >= 0.6 is 21.6 Å². The van der Waals surface area contributed by atoms with Crippen LogP contribution in [0.2, 0.25) is 0 Å². The Morgan fingerprint density at radius 1 is 0.824 bits per heavy atom. The lowest BCUT2D eigenvalue weighted by molar-refractivity contribution is -0.145. The second-order valence-corrected chi connectivity index (χ2v) is 20.6. The Labute approximate surface area is 436 Å². The number of phenolic OH excluding ortho intramolecular Hbond substituents is 1. The molecule has 74 heavy (non-hydrogen) atoms. The van der Waals surface area contributed by atoms with Crippen LogP contribution in [0.25, 0.3) is 0 Å². The third-order valence-electron chi connectivity index (χ3n) is 12.1. The van der Waals surface area contributed by atoms with Crippen molar-refractivity contribution in [1.82, 2.24) is 41.7 Å². The Kier molecular flexibility index (Phi) is 23.2. The second-order valence-electron chi connectivity index (χ2n) is 18.1. The number of nitrogens with two attached hydrogens (primary N) is 5. The molecule has 404 valence electrons. The number of aliphatic imine (C=N–C) groups is 1. The molecule has 2 heterocycles. The molecule has 2 aromatic carbocycles. The van der Waals surface area contributed by atoms with Gasteiger partial charge in [0.25, 0.3) is 0 Å². The van der Waals surface area contributed by atoms with Gasteiger partial charge in [-0.05, 0) is 61.8 Å². The fraction of sp³-hybridized carbons (Fsp3) is 0.511. The summed E-state index contributed by atoms with van der Waals surface area (Å²) in [6.07, 6.45) is -0.00533. The van der Waals surface area contributed by atoms with Crippen LogP contribution in [0.4, 0.5) is 0 Å². The van der Waals surface area contributed by atoms with E-state index in [0.29, 0.717) is 17.5 Å². The number of guanidine groups is 1. The summed E-state index contributed by atoms with van der Waals surface area (Å²) in [5.41, 5.74) is 28.9. The molecule has 8 atom stereocenters. The zero-order valence-corrected chi connectivity index (χ0v) is 43.1. The topological polar surface area (TPSA) is 412 Å². The van der Waals surface area contributed by atoms with Crippen molar-refractivity contribution in [2.24, 2.45) is 39.6 Å². The summed E-state index contributed by atoms with van der Waals surface area (Å²) in [5.74, 6) is -9.68. The van der Waals surface area contributed by atoms with E-state index in [2.05, 4.69) is 36.9 Å². The molecule has 0 unspecified atom stereocenters. The summed E-state index contributed by atoms with van der Waals surface area (Å²) >= 11 is 0. The van der Waals surface area contributed by atoms with E-state index in [-0.39, 0.29) is 68.5 Å². The Hall–Kier alpha value is -7.13. The van der Waals surface area contributed by atoms with E-state index < -0.39 is 126 Å². The third-order valence-corrected chi connectivity index (χ3v) is 14.5. The van der Waals surface area contributed by atoms with Gasteiger partial charge in [0.1, 0.15) is 54.1 Å². The number of hydrogen-bond acceptors (Lipinski definition) is 15. The van der Waals surface area contributed by atoms with Gasteiger partial charge in [-0.15, -0.1) is 0 Å². The average molecular weight is 1070 g/mol. The highest BCUT2D eigenvalue weighted by molar-refractivity contribution is 8.76. The first-order valence-electron chi connectivity index (χ1n) is 23.9. The number of benzene rings is 2. The fourth-order valence-electron chi connectivity index (χ4n) is 7.99. The lowest BCUT2D eigenvalue weighted by atomic mass is 9.99. The number of carbonyl (C=O) groups excluding carboxylic acids is 10. The van der Waals surface area contributed by atoms with Gasteiger partial charge in [-0.3, -0.25) is 52.9 Å². The van der Waals surface area contributed by atoms with Crippen molar-refractivity contribution in [1.29, 1.82) is 0 Å². The number of aromatic hydroxyl groups is 1. The van der Waals surface area contributed by atoms with Gasteiger partial charge in [0, 0.05) is 37.6 Å². The zero-order valence-electron chi connectivity index (χ0n) is 41.5. The molecule has 10 amide bonds. The van der Waals surface area contributed by atoms with Crippen molar-refractivity contribution >= 4 is 86.6 Å². The smallest absolute Gasteiger partial charge is 0.246 e. The van der Waals surface area contributed by atoms with E-state index in [1.54, 1.807) is 44.2 Å². The van der Waals surface area contributed by atoms with Crippen LogP contribution in [0.1, 0.15) is 64.0 Å². The van der Waals surface area contributed by atoms with Gasteiger partial charge in [0.05, 0.1) is 13.0 Å². The summed E-state index contributed by atoms with van der Waals surface area (Å²) in [4.78, 5) is 144. The molecule has 27 heteroatoms. The molecule has 17 N–H and O–H groups in total. The predicted octanol–water partition coefficient (Wildman–Crippen LogP) is -3.32. The number of carbonyl (C=O) groups is 10. The summed E-state index contributed by atoms with van der Waals surface area (Å²) < 4.78 is 0. The van der Waals surface area contributed by atoms with Crippen LogP contribution in [0.3, 0.4) is 0 Å². The number of primary amides is 2. The molecule has 2 saturated heterocycles. The molecule has 2 aliphatic heterocycles. The number of amides is 10. The molecule has 25 nitrogen and oxygen atoms in total. The number of nitrogens with zero attached hydrogens (tertiary/aromatic N) is 3. The molecule has 0 radical (unpaired) electrons. The van der Waals surface area contributed by atoms with Gasteiger partial charge in [0.15, 0.2) is 5.96 Å². The minimum absolute atomic E-state index is 0.0555. The molecule has 0 aromatic heterocycles. The highest BCUT2D eigenvalue weighted by atomic mass is 33.1. The summed E-state index contributed by atoms with van der Waals surface area (Å²) in [7, 11) is 1.94. The number of phenols is 1. The SMILES string of the molecule is CC(C)[C@@H]1NC(=O)[C@H](CC(N)=O)NC(=O)[C@@H](NC(=O)[C@@H]2CCCN2C(=O)[C@H](CCCN=C(N)N)NC(=O)CN)CSSC[C@@H](C(N)=O)NC(=O)[C@H](Cc2ccc(O)cc2)NC(=O)[C@H](C)N(Cc2ccccc2)C1=O. The molecule has 0 saturated carbocycles. The third kappa shape index (κ3) is 18.1. The standard InChI is InChI=1S/C47H68N14O11S2/c1-25(2)38-46(72)61(22-28-9-5-4-6-10-28)26(3)40(66)55-31(19-27-13-15-29(62)16-14-27)41(67)57-33(39(50)65)23-73-74-24-34(43(69)56-32(20-36(49)63)42(68)59-38)58-44(70)35-12-8-18-60(35)45(71)30(54-37(64)21-48)11-7-17-53-47(51)52/h4-6,9-10,13-16,25-26,30-35,38,62H,7-8,11-12,17-24,48H2,1-3H3,(H2,49,63)(H2,50,65)(H,54,64)(H,55,66)(H,56,69)(H,57,67)(H,58,70)(H,59,68)(H4,51,52,53)/t26-,30-,31-,32-,33-,34-,35-,38-/m0/s1. The molecule has 2 fully saturated rings. The Balaban J connectivity index is 1.74. The van der Waals surface area contributed by atoms with Crippen molar-refractivity contribution < 1.29 is 53.1 Å². The predicted molar refractivity (Wildman–Crippen MR) is 276 cm³/mol. The maximum atomic E-state index is 14.8. The van der Waals surface area contributed by atoms with Crippen molar-refractivity contribution in [2.45, 2.75) is 114 Å². The van der Waals surface area contributed by atoms with Gasteiger partial charge in [-0.2, -0.15) is 0 Å². The van der Waals surface area contributed by atoms with Crippen LogP contribution in [0, 0.1) is 5.92 Å².